The van der Waals surface area contributed by atoms with Crippen molar-refractivity contribution >= 4 is 32.7 Å². The fourth-order valence-electron chi connectivity index (χ4n) is 2.61. The van der Waals surface area contributed by atoms with Crippen molar-refractivity contribution in [1.82, 2.24) is 5.32 Å². The summed E-state index contributed by atoms with van der Waals surface area (Å²) in [5.74, 6) is -0.973. The van der Waals surface area contributed by atoms with E-state index in [4.69, 9.17) is 16.7 Å². The van der Waals surface area contributed by atoms with Crippen LogP contribution in [0.5, 0.6) is 0 Å². The minimum Gasteiger partial charge on any atom is -0.465 e. The Kier molecular flexibility index (Phi) is 6.92. The summed E-state index contributed by atoms with van der Waals surface area (Å²) in [7, 11) is -3.48. The maximum absolute atomic E-state index is 12.5. The molecule has 6 nitrogen and oxygen atoms in total. The van der Waals surface area contributed by atoms with E-state index in [1.165, 1.54) is 13.8 Å². The van der Waals surface area contributed by atoms with Crippen LogP contribution in [-0.4, -0.2) is 54.1 Å². The maximum atomic E-state index is 12.5. The van der Waals surface area contributed by atoms with Crippen molar-refractivity contribution in [3.8, 4) is 0 Å². The second kappa shape index (κ2) is 7.90. The summed E-state index contributed by atoms with van der Waals surface area (Å²) in [6.07, 6.45) is -5.65. The van der Waals surface area contributed by atoms with E-state index in [0.717, 1.165) is 0 Å². The molecule has 0 aromatic carbocycles. The van der Waals surface area contributed by atoms with Crippen LogP contribution in [0.4, 0.5) is 18.0 Å². The lowest BCUT2D eigenvalue weighted by atomic mass is 9.83. The van der Waals surface area contributed by atoms with Gasteiger partial charge in [0.25, 0.3) is 0 Å². The number of carboxylic acid groups (broad SMARTS) is 1. The van der Waals surface area contributed by atoms with Crippen LogP contribution in [0.25, 0.3) is 0 Å². The monoisotopic (exact) mass is 392 g/mol. The van der Waals surface area contributed by atoms with Crippen molar-refractivity contribution in [3.05, 3.63) is 0 Å². The smallest absolute Gasteiger partial charge is 0.444 e. The van der Waals surface area contributed by atoms with Crippen molar-refractivity contribution in [2.45, 2.75) is 56.6 Å². The molecule has 24 heavy (non-hydrogen) atoms. The zero-order valence-electron chi connectivity index (χ0n) is 13.2. The average Bonchev–Trinajstić information content (AvgIpc) is 2.39. The molecule has 0 aromatic rings. The molecule has 1 aliphatic carbocycles. The molecular formula is C13H20ClF3N2O4S. The predicted octanol–water partition coefficient (Wildman–Crippen LogP) is 2.81. The summed E-state index contributed by atoms with van der Waals surface area (Å²) in [5, 5.41) is 8.95. The molecule has 0 heterocycles. The first-order chi connectivity index (χ1) is 10.8. The lowest BCUT2D eigenvalue weighted by molar-refractivity contribution is -0.0563. The summed E-state index contributed by atoms with van der Waals surface area (Å²) in [6, 6.07) is -1.44. The van der Waals surface area contributed by atoms with Gasteiger partial charge in [-0.1, -0.05) is 11.6 Å². The van der Waals surface area contributed by atoms with Crippen molar-refractivity contribution in [2.24, 2.45) is 10.9 Å². The summed E-state index contributed by atoms with van der Waals surface area (Å²) in [6.45, 7) is 2.99. The van der Waals surface area contributed by atoms with Crippen molar-refractivity contribution < 1.29 is 31.5 Å². The van der Waals surface area contributed by atoms with Crippen LogP contribution in [0, 0.1) is 5.92 Å². The lowest BCUT2D eigenvalue weighted by Crippen LogP contribution is -2.47. The highest BCUT2D eigenvalue weighted by molar-refractivity contribution is 7.91. The molecule has 0 aliphatic heterocycles. The molecule has 0 bridgehead atoms. The topological polar surface area (TPSA) is 95.8 Å². The second-order valence-corrected chi connectivity index (χ2v) is 9.04. The third kappa shape index (κ3) is 6.12. The van der Waals surface area contributed by atoms with E-state index >= 15 is 0 Å². The molecule has 1 saturated carbocycles. The highest BCUT2D eigenvalue weighted by atomic mass is 35.5. The Bertz CT molecular complexity index is 593. The normalized spacial score (nSPS) is 26.5. The van der Waals surface area contributed by atoms with Crippen LogP contribution in [0.3, 0.4) is 0 Å². The largest absolute Gasteiger partial charge is 0.465 e. The Balaban J connectivity index is 2.96. The molecule has 3 atom stereocenters. The van der Waals surface area contributed by atoms with Gasteiger partial charge in [-0.25, -0.2) is 13.2 Å². The number of nitrogens with one attached hydrogen (secondary N) is 1. The van der Waals surface area contributed by atoms with Gasteiger partial charge in [-0.2, -0.15) is 13.2 Å². The summed E-state index contributed by atoms with van der Waals surface area (Å²) in [5.41, 5.74) is 0. The second-order valence-electron chi connectivity index (χ2n) is 6.08. The highest BCUT2D eigenvalue weighted by Gasteiger charge is 2.38. The summed E-state index contributed by atoms with van der Waals surface area (Å²) < 4.78 is 61.6. The Morgan fingerprint density at radius 3 is 2.42 bits per heavy atom. The van der Waals surface area contributed by atoms with E-state index < -0.39 is 50.5 Å². The predicted molar refractivity (Wildman–Crippen MR) is 84.3 cm³/mol. The molecule has 0 unspecified atom stereocenters. The van der Waals surface area contributed by atoms with Gasteiger partial charge in [-0.3, -0.25) is 4.99 Å². The molecule has 1 rings (SSSR count). The fourth-order valence-corrected chi connectivity index (χ4v) is 4.10. The molecule has 1 fully saturated rings. The standard InChI is InChI=1S/C13H20ClF3N2O4S/c1-7(2)24(22,23)6-8-5-9(18-11(14)13(15,16)17)3-4-10(8)19-12(20)21/h7-10,19H,3-6H2,1-2H3,(H,20,21)/t8-,9+,10-/m0/s1. The number of nitrogens with zero attached hydrogens (tertiary/aromatic N) is 1. The Morgan fingerprint density at radius 1 is 1.38 bits per heavy atom. The van der Waals surface area contributed by atoms with E-state index in [9.17, 15) is 26.4 Å². The van der Waals surface area contributed by atoms with Gasteiger partial charge in [0.1, 0.15) is 0 Å². The van der Waals surface area contributed by atoms with Gasteiger partial charge >= 0.3 is 12.3 Å². The van der Waals surface area contributed by atoms with Gasteiger partial charge in [0.15, 0.2) is 9.84 Å². The van der Waals surface area contributed by atoms with Gasteiger partial charge in [0.05, 0.1) is 17.0 Å². The quantitative estimate of drug-likeness (QED) is 0.703. The Morgan fingerprint density at radius 2 is 1.96 bits per heavy atom. The van der Waals surface area contributed by atoms with Gasteiger partial charge in [-0.05, 0) is 39.0 Å². The van der Waals surface area contributed by atoms with Crippen molar-refractivity contribution in [3.63, 3.8) is 0 Å². The third-order valence-corrected chi connectivity index (χ3v) is 6.60. The number of alkyl halides is 3. The minimum atomic E-state index is -4.75. The highest BCUT2D eigenvalue weighted by Crippen LogP contribution is 2.31. The van der Waals surface area contributed by atoms with E-state index in [1.54, 1.807) is 0 Å². The summed E-state index contributed by atoms with van der Waals surface area (Å²) in [4.78, 5) is 14.3. The maximum Gasteiger partial charge on any atom is 0.444 e. The molecule has 11 heteroatoms. The van der Waals surface area contributed by atoms with Gasteiger partial charge in [0, 0.05) is 6.04 Å². The number of rotatable bonds is 5. The number of hydrogen-bond donors (Lipinski definition) is 2. The van der Waals surface area contributed by atoms with E-state index in [0.29, 0.717) is 0 Å². The number of aliphatic imine (C=N–C) groups is 1. The fraction of sp³-hybridized carbons (Fsp3) is 0.846. The van der Waals surface area contributed by atoms with Crippen LogP contribution >= 0.6 is 11.6 Å². The first kappa shape index (κ1) is 21.0. The van der Waals surface area contributed by atoms with Crippen LogP contribution in [-0.2, 0) is 9.84 Å². The average molecular weight is 393 g/mol. The molecule has 0 aromatic heterocycles. The van der Waals surface area contributed by atoms with Crippen LogP contribution < -0.4 is 5.32 Å². The Hall–Kier alpha value is -1.03. The molecule has 140 valence electrons. The van der Waals surface area contributed by atoms with Gasteiger partial charge in [0.2, 0.25) is 5.17 Å². The molecular weight excluding hydrogens is 373 g/mol. The lowest BCUT2D eigenvalue weighted by Gasteiger charge is -2.34. The number of hydrogen-bond acceptors (Lipinski definition) is 4. The number of sulfone groups is 1. The van der Waals surface area contributed by atoms with Crippen molar-refractivity contribution in [2.75, 3.05) is 5.75 Å². The van der Waals surface area contributed by atoms with Crippen LogP contribution in [0.1, 0.15) is 33.1 Å². The van der Waals surface area contributed by atoms with E-state index in [2.05, 4.69) is 10.3 Å². The van der Waals surface area contributed by atoms with Gasteiger partial charge < -0.3 is 10.4 Å². The van der Waals surface area contributed by atoms with Gasteiger partial charge in [-0.15, -0.1) is 0 Å². The summed E-state index contributed by atoms with van der Waals surface area (Å²) >= 11 is 5.14. The Labute approximate surface area is 143 Å². The van der Waals surface area contributed by atoms with Crippen LogP contribution in [0.15, 0.2) is 4.99 Å². The van der Waals surface area contributed by atoms with Crippen molar-refractivity contribution in [1.29, 1.82) is 0 Å². The van der Waals surface area contributed by atoms with E-state index in [-0.39, 0.29) is 25.0 Å². The minimum absolute atomic E-state index is 0.0171. The molecule has 2 N–H and O–H groups in total. The first-order valence-electron chi connectivity index (χ1n) is 7.34. The number of carbonyl (C=O) groups is 1. The third-order valence-electron chi connectivity index (χ3n) is 3.96. The number of amides is 1. The number of halogens is 4. The van der Waals surface area contributed by atoms with E-state index in [1.807, 2.05) is 0 Å². The zero-order valence-corrected chi connectivity index (χ0v) is 14.7. The molecule has 1 aliphatic rings. The molecule has 1 amide bonds. The molecule has 0 spiro atoms. The zero-order chi connectivity index (χ0) is 18.7. The van der Waals surface area contributed by atoms with Crippen LogP contribution in [0.2, 0.25) is 0 Å². The first-order valence-corrected chi connectivity index (χ1v) is 9.43. The molecule has 0 radical (unpaired) electrons. The SMILES string of the molecule is CC(C)S(=O)(=O)C[C@@H]1C[C@H](N=C(Cl)C(F)(F)F)CC[C@@H]1NC(=O)O. The molecule has 0 saturated heterocycles.